The van der Waals surface area contributed by atoms with Crippen LogP contribution in [0.2, 0.25) is 0 Å². The maximum absolute atomic E-state index is 4.67. The van der Waals surface area contributed by atoms with E-state index in [1.54, 1.807) is 0 Å². The molecule has 0 radical (unpaired) electrons. The van der Waals surface area contributed by atoms with Gasteiger partial charge in [0.05, 0.1) is 6.54 Å². The molecule has 7 heteroatoms. The van der Waals surface area contributed by atoms with Crippen molar-refractivity contribution in [1.82, 2.24) is 30.3 Å². The number of rotatable bonds is 5. The van der Waals surface area contributed by atoms with E-state index < -0.39 is 0 Å². The van der Waals surface area contributed by atoms with Gasteiger partial charge in [-0.05, 0) is 32.4 Å². The lowest BCUT2D eigenvalue weighted by Crippen LogP contribution is -2.52. The Morgan fingerprint density at radius 3 is 2.88 bits per heavy atom. The predicted molar refractivity (Wildman–Crippen MR) is 106 cm³/mol. The van der Waals surface area contributed by atoms with Crippen LogP contribution < -0.4 is 10.6 Å². The number of hydrogen-bond acceptors (Lipinski definition) is 4. The molecule has 146 valence electrons. The van der Waals surface area contributed by atoms with Crippen molar-refractivity contribution in [1.29, 1.82) is 0 Å². The summed E-state index contributed by atoms with van der Waals surface area (Å²) in [7, 11) is 1.86. The van der Waals surface area contributed by atoms with E-state index in [4.69, 9.17) is 0 Å². The van der Waals surface area contributed by atoms with Crippen LogP contribution >= 0.6 is 0 Å². The second kappa shape index (κ2) is 8.84. The fraction of sp³-hybridized carbons (Fsp3) is 0.842. The van der Waals surface area contributed by atoms with Crippen LogP contribution in [0, 0.1) is 0 Å². The number of aryl methyl sites for hydroxylation is 1. The monoisotopic (exact) mass is 361 g/mol. The van der Waals surface area contributed by atoms with Gasteiger partial charge < -0.3 is 10.6 Å². The van der Waals surface area contributed by atoms with Crippen molar-refractivity contribution < 1.29 is 0 Å². The van der Waals surface area contributed by atoms with Crippen molar-refractivity contribution in [2.45, 2.75) is 77.4 Å². The van der Waals surface area contributed by atoms with E-state index in [9.17, 15) is 0 Å². The van der Waals surface area contributed by atoms with Crippen molar-refractivity contribution >= 4 is 5.96 Å². The molecular weight excluding hydrogens is 326 g/mol. The van der Waals surface area contributed by atoms with Crippen LogP contribution in [-0.4, -0.2) is 64.4 Å². The first-order valence-electron chi connectivity index (χ1n) is 10.3. The Labute approximate surface area is 157 Å². The van der Waals surface area contributed by atoms with Gasteiger partial charge in [0.15, 0.2) is 11.8 Å². The average Bonchev–Trinajstić information content (AvgIpc) is 3.09. The average molecular weight is 362 g/mol. The maximum atomic E-state index is 4.67. The van der Waals surface area contributed by atoms with E-state index in [1.807, 2.05) is 7.05 Å². The summed E-state index contributed by atoms with van der Waals surface area (Å²) in [4.78, 5) is 11.7. The van der Waals surface area contributed by atoms with Crippen molar-refractivity contribution in [3.05, 3.63) is 11.6 Å². The van der Waals surface area contributed by atoms with E-state index in [-0.39, 0.29) is 0 Å². The van der Waals surface area contributed by atoms with Gasteiger partial charge in [0.2, 0.25) is 0 Å². The van der Waals surface area contributed by atoms with Crippen LogP contribution in [0.15, 0.2) is 4.99 Å². The molecule has 1 aromatic rings. The molecule has 2 atom stereocenters. The Morgan fingerprint density at radius 2 is 2.15 bits per heavy atom. The lowest BCUT2D eigenvalue weighted by atomic mass is 10.0. The Bertz CT molecular complexity index is 607. The molecule has 7 nitrogen and oxygen atoms in total. The molecule has 3 heterocycles. The van der Waals surface area contributed by atoms with Gasteiger partial charge in [-0.2, -0.15) is 5.10 Å². The molecule has 1 aromatic heterocycles. The zero-order valence-corrected chi connectivity index (χ0v) is 16.8. The third-order valence-electron chi connectivity index (χ3n) is 5.62. The van der Waals surface area contributed by atoms with Gasteiger partial charge in [-0.1, -0.05) is 27.2 Å². The summed E-state index contributed by atoms with van der Waals surface area (Å²) in [5.74, 6) is 3.37. The SMILES string of the molecule is CCN1CCCCC1CNC(=NC)NC1CCc2nc(C(C)C)nn2C1. The molecule has 0 saturated carbocycles. The second-order valence-corrected chi connectivity index (χ2v) is 7.83. The highest BCUT2D eigenvalue weighted by Crippen LogP contribution is 2.17. The molecule has 2 aliphatic rings. The van der Waals surface area contributed by atoms with Gasteiger partial charge >= 0.3 is 0 Å². The lowest BCUT2D eigenvalue weighted by molar-refractivity contribution is 0.157. The van der Waals surface area contributed by atoms with Crippen LogP contribution in [0.25, 0.3) is 0 Å². The molecule has 1 saturated heterocycles. The highest BCUT2D eigenvalue weighted by molar-refractivity contribution is 5.80. The second-order valence-electron chi connectivity index (χ2n) is 7.83. The van der Waals surface area contributed by atoms with Gasteiger partial charge in [0.25, 0.3) is 0 Å². The number of fused-ring (bicyclic) bond motifs is 1. The number of hydrogen-bond donors (Lipinski definition) is 2. The highest BCUT2D eigenvalue weighted by atomic mass is 15.4. The first-order valence-corrected chi connectivity index (χ1v) is 10.3. The van der Waals surface area contributed by atoms with E-state index in [0.717, 1.165) is 50.1 Å². The normalized spacial score (nSPS) is 24.6. The van der Waals surface area contributed by atoms with Crippen LogP contribution in [0.5, 0.6) is 0 Å². The fourth-order valence-corrected chi connectivity index (χ4v) is 4.00. The molecule has 2 aliphatic heterocycles. The van der Waals surface area contributed by atoms with Crippen LogP contribution in [0.3, 0.4) is 0 Å². The molecule has 0 aliphatic carbocycles. The summed E-state index contributed by atoms with van der Waals surface area (Å²) in [5.41, 5.74) is 0. The molecule has 1 fully saturated rings. The molecular formula is C19H35N7. The van der Waals surface area contributed by atoms with E-state index in [0.29, 0.717) is 18.0 Å². The Hall–Kier alpha value is -1.63. The number of nitrogens with one attached hydrogen (secondary N) is 2. The van der Waals surface area contributed by atoms with Crippen molar-refractivity contribution in [3.63, 3.8) is 0 Å². The minimum absolute atomic E-state index is 0.351. The summed E-state index contributed by atoms with van der Waals surface area (Å²) in [5, 5.41) is 11.8. The van der Waals surface area contributed by atoms with Crippen molar-refractivity contribution in [3.8, 4) is 0 Å². The fourth-order valence-electron chi connectivity index (χ4n) is 4.00. The van der Waals surface area contributed by atoms with Gasteiger partial charge in [-0.3, -0.25) is 9.89 Å². The smallest absolute Gasteiger partial charge is 0.191 e. The van der Waals surface area contributed by atoms with E-state index >= 15 is 0 Å². The first kappa shape index (κ1) is 19.1. The van der Waals surface area contributed by atoms with Gasteiger partial charge in [-0.25, -0.2) is 9.67 Å². The summed E-state index contributed by atoms with van der Waals surface area (Å²) in [6.45, 7) is 10.7. The molecule has 0 aromatic carbocycles. The topological polar surface area (TPSA) is 70.4 Å². The minimum Gasteiger partial charge on any atom is -0.355 e. The molecule has 0 bridgehead atoms. The number of aromatic nitrogens is 3. The summed E-state index contributed by atoms with van der Waals surface area (Å²) in [6.07, 6.45) is 5.99. The zero-order valence-electron chi connectivity index (χ0n) is 16.8. The number of nitrogens with zero attached hydrogens (tertiary/aromatic N) is 5. The highest BCUT2D eigenvalue weighted by Gasteiger charge is 2.24. The number of likely N-dealkylation sites (N-methyl/N-ethyl adjacent to an activating group) is 1. The Balaban J connectivity index is 1.52. The quantitative estimate of drug-likeness (QED) is 0.618. The number of likely N-dealkylation sites (tertiary alicyclic amines) is 1. The summed E-state index contributed by atoms with van der Waals surface area (Å²) >= 11 is 0. The Kier molecular flexibility index (Phi) is 6.51. The number of piperidine rings is 1. The summed E-state index contributed by atoms with van der Waals surface area (Å²) < 4.78 is 2.07. The minimum atomic E-state index is 0.351. The molecule has 2 unspecified atom stereocenters. The zero-order chi connectivity index (χ0) is 18.5. The predicted octanol–water partition coefficient (Wildman–Crippen LogP) is 1.76. The van der Waals surface area contributed by atoms with Gasteiger partial charge in [-0.15, -0.1) is 0 Å². The van der Waals surface area contributed by atoms with Crippen LogP contribution in [0.4, 0.5) is 0 Å². The molecule has 3 rings (SSSR count). The van der Waals surface area contributed by atoms with Crippen LogP contribution in [-0.2, 0) is 13.0 Å². The Morgan fingerprint density at radius 1 is 1.31 bits per heavy atom. The van der Waals surface area contributed by atoms with Crippen molar-refractivity contribution in [2.75, 3.05) is 26.7 Å². The summed E-state index contributed by atoms with van der Waals surface area (Å²) in [6, 6.07) is 0.971. The molecule has 0 amide bonds. The van der Waals surface area contributed by atoms with E-state index in [1.165, 1.54) is 25.8 Å². The largest absolute Gasteiger partial charge is 0.355 e. The molecule has 2 N–H and O–H groups in total. The molecule has 0 spiro atoms. The molecule has 26 heavy (non-hydrogen) atoms. The van der Waals surface area contributed by atoms with Crippen LogP contribution in [0.1, 0.15) is 64.0 Å². The van der Waals surface area contributed by atoms with Crippen molar-refractivity contribution in [2.24, 2.45) is 4.99 Å². The number of guanidine groups is 1. The van der Waals surface area contributed by atoms with E-state index in [2.05, 4.69) is 56.1 Å². The van der Waals surface area contributed by atoms with Gasteiger partial charge in [0, 0.05) is 38.0 Å². The number of aliphatic imine (C=N–C) groups is 1. The standard InChI is InChI=1S/C19H35N7/c1-5-25-11-7-6-8-16(25)12-21-19(20-4)22-15-9-10-17-23-18(14(2)3)24-26(17)13-15/h14-16H,5-13H2,1-4H3,(H2,20,21,22). The third kappa shape index (κ3) is 4.55. The van der Waals surface area contributed by atoms with Gasteiger partial charge in [0.1, 0.15) is 5.82 Å². The first-order chi connectivity index (χ1) is 12.6. The lowest BCUT2D eigenvalue weighted by Gasteiger charge is -2.35. The maximum Gasteiger partial charge on any atom is 0.191 e. The third-order valence-corrected chi connectivity index (χ3v) is 5.62.